The molecule has 0 aromatic heterocycles. The van der Waals surface area contributed by atoms with Crippen LogP contribution in [0, 0.1) is 0 Å². The topological polar surface area (TPSA) is 32.3 Å². The number of para-hydroxylation sites is 1. The van der Waals surface area contributed by atoms with E-state index in [0.29, 0.717) is 0 Å². The minimum Gasteiger partial charge on any atom is -0.492 e. The molecule has 0 heterocycles. The van der Waals surface area contributed by atoms with Crippen molar-refractivity contribution in [3.8, 4) is 0 Å². The molecule has 0 bridgehead atoms. The molecular formula is C16H19NOP+. The number of hydrogen-bond donors (Lipinski definition) is 2. The van der Waals surface area contributed by atoms with E-state index < -0.39 is 7.26 Å². The van der Waals surface area contributed by atoms with E-state index in [9.17, 15) is 5.11 Å². The number of rotatable bonds is 4. The Kier molecular flexibility index (Phi) is 4.24. The number of aliphatic hydroxyl groups excluding tert-OH is 1. The van der Waals surface area contributed by atoms with Gasteiger partial charge in [-0.2, -0.15) is 0 Å². The summed E-state index contributed by atoms with van der Waals surface area (Å²) in [5.74, 6) is 2.16. The van der Waals surface area contributed by atoms with Crippen LogP contribution in [0.5, 0.6) is 0 Å². The Hall–Kier alpha value is -1.79. The molecule has 2 rings (SSSR count). The van der Waals surface area contributed by atoms with Gasteiger partial charge in [0.2, 0.25) is 5.88 Å². The summed E-state index contributed by atoms with van der Waals surface area (Å²) in [4.78, 5) is 0. The summed E-state index contributed by atoms with van der Waals surface area (Å²) in [6.07, 6.45) is 0. The van der Waals surface area contributed by atoms with Crippen molar-refractivity contribution in [3.05, 3.63) is 72.4 Å². The average molecular weight is 272 g/mol. The lowest BCUT2D eigenvalue weighted by molar-refractivity contribution is 0.421. The molecule has 0 unspecified atom stereocenters. The van der Waals surface area contributed by atoms with Crippen LogP contribution in [-0.4, -0.2) is 18.4 Å². The Balaban J connectivity index is 2.16. The van der Waals surface area contributed by atoms with Gasteiger partial charge in [-0.05, 0) is 24.3 Å². The summed E-state index contributed by atoms with van der Waals surface area (Å²) in [5, 5.41) is 14.4. The first kappa shape index (κ1) is 13.6. The van der Waals surface area contributed by atoms with Crippen molar-refractivity contribution in [1.29, 1.82) is 0 Å². The van der Waals surface area contributed by atoms with Crippen molar-refractivity contribution < 1.29 is 5.11 Å². The molecule has 0 saturated carbocycles. The molecule has 0 spiro atoms. The first-order valence-electron chi connectivity index (χ1n) is 6.21. The van der Waals surface area contributed by atoms with Gasteiger partial charge in [0, 0.05) is 5.69 Å². The third-order valence-corrected chi connectivity index (χ3v) is 5.43. The second kappa shape index (κ2) is 5.90. The molecule has 2 nitrogen and oxygen atoms in total. The lowest BCUT2D eigenvalue weighted by Crippen LogP contribution is -2.08. The fourth-order valence-electron chi connectivity index (χ4n) is 1.89. The first-order valence-corrected chi connectivity index (χ1v) is 8.96. The zero-order valence-electron chi connectivity index (χ0n) is 11.2. The zero-order valence-corrected chi connectivity index (χ0v) is 12.1. The Bertz CT molecular complexity index is 549. The van der Waals surface area contributed by atoms with Crippen molar-refractivity contribution >= 4 is 18.3 Å². The van der Waals surface area contributed by atoms with Gasteiger partial charge in [-0.25, -0.2) is 0 Å². The van der Waals surface area contributed by atoms with Gasteiger partial charge in [0.1, 0.15) is 5.82 Å². The Morgan fingerprint density at radius 2 is 1.47 bits per heavy atom. The van der Waals surface area contributed by atoms with Crippen molar-refractivity contribution in [2.75, 3.05) is 18.6 Å². The molecule has 0 saturated heterocycles. The first-order chi connectivity index (χ1) is 9.08. The van der Waals surface area contributed by atoms with Gasteiger partial charge in [0.25, 0.3) is 0 Å². The molecule has 98 valence electrons. The quantitative estimate of drug-likeness (QED) is 0.650. The third kappa shape index (κ3) is 3.84. The van der Waals surface area contributed by atoms with Crippen molar-refractivity contribution in [3.63, 3.8) is 0 Å². The molecule has 3 heteroatoms. The Morgan fingerprint density at radius 1 is 0.947 bits per heavy atom. The smallest absolute Gasteiger partial charge is 0.225 e. The molecule has 19 heavy (non-hydrogen) atoms. The van der Waals surface area contributed by atoms with Gasteiger partial charge in [0.05, 0.1) is 25.9 Å². The van der Waals surface area contributed by atoms with Crippen LogP contribution in [0.3, 0.4) is 0 Å². The highest BCUT2D eigenvalue weighted by Crippen LogP contribution is 2.51. The number of aliphatic hydroxyl groups is 1. The van der Waals surface area contributed by atoms with E-state index in [-0.39, 0.29) is 5.88 Å². The van der Waals surface area contributed by atoms with Gasteiger partial charge in [-0.1, -0.05) is 36.4 Å². The van der Waals surface area contributed by atoms with Crippen LogP contribution in [-0.2, 0) is 0 Å². The van der Waals surface area contributed by atoms with Crippen LogP contribution in [0.15, 0.2) is 72.4 Å². The highest BCUT2D eigenvalue weighted by atomic mass is 31.2. The lowest BCUT2D eigenvalue weighted by atomic mass is 10.3. The fraction of sp³-hybridized carbons (Fsp3) is 0.125. The lowest BCUT2D eigenvalue weighted by Gasteiger charge is -2.14. The molecule has 0 aliphatic rings. The molecule has 0 aliphatic heterocycles. The molecular weight excluding hydrogens is 253 g/mol. The van der Waals surface area contributed by atoms with E-state index in [0.717, 1.165) is 5.69 Å². The second-order valence-corrected chi connectivity index (χ2v) is 8.74. The van der Waals surface area contributed by atoms with E-state index >= 15 is 0 Å². The number of benzene rings is 2. The van der Waals surface area contributed by atoms with E-state index in [2.05, 4.69) is 30.8 Å². The number of hydrogen-bond acceptors (Lipinski definition) is 2. The number of nitrogens with one attached hydrogen (secondary N) is 1. The minimum absolute atomic E-state index is 0.216. The van der Waals surface area contributed by atoms with Crippen LogP contribution in [0.1, 0.15) is 0 Å². The minimum atomic E-state index is -1.46. The van der Waals surface area contributed by atoms with Gasteiger partial charge in [-0.3, -0.25) is 0 Å². The maximum absolute atomic E-state index is 10.1. The third-order valence-electron chi connectivity index (χ3n) is 2.91. The van der Waals surface area contributed by atoms with Gasteiger partial charge < -0.3 is 10.4 Å². The van der Waals surface area contributed by atoms with Crippen LogP contribution in [0.25, 0.3) is 0 Å². The highest BCUT2D eigenvalue weighted by Gasteiger charge is 2.26. The van der Waals surface area contributed by atoms with Crippen LogP contribution in [0.4, 0.5) is 5.69 Å². The zero-order chi connectivity index (χ0) is 13.7. The maximum atomic E-state index is 10.1. The summed E-state index contributed by atoms with van der Waals surface area (Å²) in [6, 6.07) is 20.0. The number of anilines is 1. The molecule has 0 radical (unpaired) electrons. The standard InChI is InChI=1S/C16H18NOP/c1-19(2,15-11-7-4-8-12-15)13-16(18)17-14-9-5-3-6-10-14/h3-13,17H,1-2H3/p+1/b16-13+. The Morgan fingerprint density at radius 3 is 2.05 bits per heavy atom. The molecule has 0 amide bonds. The predicted octanol–water partition coefficient (Wildman–Crippen LogP) is 4.06. The largest absolute Gasteiger partial charge is 0.492 e. The summed E-state index contributed by atoms with van der Waals surface area (Å²) < 4.78 is 0. The molecule has 2 aromatic carbocycles. The van der Waals surface area contributed by atoms with E-state index in [1.165, 1.54) is 5.30 Å². The van der Waals surface area contributed by atoms with Gasteiger partial charge >= 0.3 is 0 Å². The van der Waals surface area contributed by atoms with E-state index in [4.69, 9.17) is 0 Å². The monoisotopic (exact) mass is 272 g/mol. The normalized spacial score (nSPS) is 12.2. The van der Waals surface area contributed by atoms with E-state index in [1.54, 1.807) is 0 Å². The molecule has 0 atom stereocenters. The molecule has 2 N–H and O–H groups in total. The predicted molar refractivity (Wildman–Crippen MR) is 85.6 cm³/mol. The second-order valence-electron chi connectivity index (χ2n) is 4.88. The van der Waals surface area contributed by atoms with E-state index in [1.807, 2.05) is 54.3 Å². The van der Waals surface area contributed by atoms with Crippen LogP contribution >= 0.6 is 7.26 Å². The Labute approximate surface area is 115 Å². The van der Waals surface area contributed by atoms with Crippen molar-refractivity contribution in [1.82, 2.24) is 0 Å². The highest BCUT2D eigenvalue weighted by molar-refractivity contribution is 7.84. The van der Waals surface area contributed by atoms with Crippen molar-refractivity contribution in [2.45, 2.75) is 0 Å². The van der Waals surface area contributed by atoms with Gasteiger partial charge in [0.15, 0.2) is 0 Å². The summed E-state index contributed by atoms with van der Waals surface area (Å²) in [5.41, 5.74) is 0.893. The van der Waals surface area contributed by atoms with Crippen molar-refractivity contribution in [2.24, 2.45) is 0 Å². The summed E-state index contributed by atoms with van der Waals surface area (Å²) in [6.45, 7) is 4.37. The molecule has 0 aliphatic carbocycles. The average Bonchev–Trinajstić information content (AvgIpc) is 2.40. The summed E-state index contributed by atoms with van der Waals surface area (Å²) in [7, 11) is -1.46. The maximum Gasteiger partial charge on any atom is 0.225 e. The SMILES string of the molecule is C[P+](C)(/C=C(/O)Nc1ccccc1)c1ccccc1. The fourth-order valence-corrected chi connectivity index (χ4v) is 3.66. The van der Waals surface area contributed by atoms with Crippen LogP contribution in [0.2, 0.25) is 0 Å². The summed E-state index contributed by atoms with van der Waals surface area (Å²) >= 11 is 0. The van der Waals surface area contributed by atoms with Gasteiger partial charge in [-0.15, -0.1) is 0 Å². The molecule has 0 fully saturated rings. The van der Waals surface area contributed by atoms with Crippen LogP contribution < -0.4 is 10.6 Å². The molecule has 2 aromatic rings.